The Labute approximate surface area is 126 Å². The Morgan fingerprint density at radius 3 is 2.90 bits per heavy atom. The lowest BCUT2D eigenvalue weighted by Crippen LogP contribution is -1.91. The Balaban J connectivity index is 2.02. The average Bonchev–Trinajstić information content (AvgIpc) is 2.89. The molecule has 0 saturated heterocycles. The number of nitrogens with zero attached hydrogens (tertiary/aromatic N) is 1. The Bertz CT molecular complexity index is 800. The summed E-state index contributed by atoms with van der Waals surface area (Å²) >= 11 is 4.60. The fourth-order valence-electron chi connectivity index (χ4n) is 1.82. The number of thiophene rings is 1. The molecule has 0 fully saturated rings. The second-order valence-electron chi connectivity index (χ2n) is 4.00. The Morgan fingerprint density at radius 2 is 2.15 bits per heavy atom. The highest BCUT2D eigenvalue weighted by Crippen LogP contribution is 2.33. The number of aromatic carboxylic acids is 1. The minimum absolute atomic E-state index is 0.237. The molecule has 3 aromatic rings. The van der Waals surface area contributed by atoms with E-state index in [1.165, 1.54) is 6.07 Å². The second-order valence-corrected chi connectivity index (χ2v) is 5.77. The molecule has 0 aliphatic rings. The van der Waals surface area contributed by atoms with E-state index in [0.29, 0.717) is 11.6 Å². The predicted molar refractivity (Wildman–Crippen MR) is 80.8 cm³/mol. The van der Waals surface area contributed by atoms with Crippen molar-refractivity contribution in [2.24, 2.45) is 0 Å². The van der Waals surface area contributed by atoms with Crippen molar-refractivity contribution in [3.05, 3.63) is 51.3 Å². The fourth-order valence-corrected chi connectivity index (χ4v) is 2.96. The van der Waals surface area contributed by atoms with Crippen molar-refractivity contribution in [2.75, 3.05) is 0 Å². The lowest BCUT2D eigenvalue weighted by Gasteiger charge is -2.06. The first kappa shape index (κ1) is 13.1. The molecule has 0 amide bonds. The van der Waals surface area contributed by atoms with Crippen LogP contribution in [0.2, 0.25) is 0 Å². The van der Waals surface area contributed by atoms with Crippen LogP contribution in [0.25, 0.3) is 10.8 Å². The third-order valence-electron chi connectivity index (χ3n) is 2.72. The molecule has 1 N–H and O–H groups in total. The van der Waals surface area contributed by atoms with Crippen LogP contribution in [0.15, 0.2) is 46.4 Å². The number of aromatic nitrogens is 1. The molecule has 20 heavy (non-hydrogen) atoms. The van der Waals surface area contributed by atoms with E-state index in [2.05, 4.69) is 20.9 Å². The van der Waals surface area contributed by atoms with E-state index >= 15 is 0 Å². The summed E-state index contributed by atoms with van der Waals surface area (Å²) in [6.45, 7) is 0. The number of benzene rings is 1. The van der Waals surface area contributed by atoms with Crippen molar-refractivity contribution < 1.29 is 14.6 Å². The molecule has 0 aliphatic heterocycles. The highest BCUT2D eigenvalue weighted by molar-refractivity contribution is 9.10. The molecule has 1 aromatic carbocycles. The molecule has 3 rings (SSSR count). The molecule has 0 atom stereocenters. The summed E-state index contributed by atoms with van der Waals surface area (Å²) in [6.07, 6.45) is 1.66. The minimum atomic E-state index is -0.960. The second kappa shape index (κ2) is 5.22. The summed E-state index contributed by atoms with van der Waals surface area (Å²) < 4.78 is 6.65. The quantitative estimate of drug-likeness (QED) is 0.753. The molecule has 2 heterocycles. The maximum absolute atomic E-state index is 10.9. The van der Waals surface area contributed by atoms with Crippen LogP contribution in [0.3, 0.4) is 0 Å². The number of halogens is 1. The van der Waals surface area contributed by atoms with Crippen molar-refractivity contribution in [3.63, 3.8) is 0 Å². The minimum Gasteiger partial charge on any atom is -0.477 e. The van der Waals surface area contributed by atoms with Gasteiger partial charge < -0.3 is 9.84 Å². The molecule has 4 nitrogen and oxygen atoms in total. The molecule has 0 radical (unpaired) electrons. The molecule has 0 bridgehead atoms. The number of hydrogen-bond donors (Lipinski definition) is 1. The number of carbonyl (C=O) groups is 1. The smallest absolute Gasteiger partial charge is 0.346 e. The van der Waals surface area contributed by atoms with Crippen LogP contribution < -0.4 is 4.74 Å². The molecule has 0 aliphatic carbocycles. The summed E-state index contributed by atoms with van der Waals surface area (Å²) in [5.74, 6) is -0.0237. The maximum atomic E-state index is 10.9. The zero-order valence-electron chi connectivity index (χ0n) is 10.0. The van der Waals surface area contributed by atoms with Gasteiger partial charge in [-0.05, 0) is 18.2 Å². The number of carboxylic acid groups (broad SMARTS) is 1. The van der Waals surface area contributed by atoms with Gasteiger partial charge in [-0.3, -0.25) is 0 Å². The van der Waals surface area contributed by atoms with E-state index in [1.807, 2.05) is 24.3 Å². The van der Waals surface area contributed by atoms with Gasteiger partial charge in [0.2, 0.25) is 5.88 Å². The summed E-state index contributed by atoms with van der Waals surface area (Å²) in [7, 11) is 0. The lowest BCUT2D eigenvalue weighted by atomic mass is 10.2. The van der Waals surface area contributed by atoms with Crippen molar-refractivity contribution in [2.45, 2.75) is 0 Å². The molecule has 0 unspecified atom stereocenters. The van der Waals surface area contributed by atoms with Crippen molar-refractivity contribution in [1.82, 2.24) is 4.98 Å². The Morgan fingerprint density at radius 1 is 1.30 bits per heavy atom. The van der Waals surface area contributed by atoms with Gasteiger partial charge >= 0.3 is 5.97 Å². The molecular weight excluding hydrogens is 342 g/mol. The number of hydrogen-bond acceptors (Lipinski definition) is 4. The van der Waals surface area contributed by atoms with Crippen LogP contribution in [0.5, 0.6) is 11.6 Å². The van der Waals surface area contributed by atoms with Gasteiger partial charge in [0, 0.05) is 32.9 Å². The van der Waals surface area contributed by atoms with Gasteiger partial charge in [-0.2, -0.15) is 0 Å². The third kappa shape index (κ3) is 2.39. The number of fused-ring (bicyclic) bond motifs is 1. The largest absolute Gasteiger partial charge is 0.477 e. The standard InChI is InChI=1S/C14H8BrNO3S/c15-11-3-1-2-10-9(11)4-5-16-13(10)19-8-6-12(14(17)18)20-7-8/h1-7H,(H,17,18). The lowest BCUT2D eigenvalue weighted by molar-refractivity contribution is 0.0702. The van der Waals surface area contributed by atoms with E-state index < -0.39 is 5.97 Å². The van der Waals surface area contributed by atoms with Crippen LogP contribution in [-0.4, -0.2) is 16.1 Å². The topological polar surface area (TPSA) is 59.4 Å². The van der Waals surface area contributed by atoms with Crippen LogP contribution in [0.4, 0.5) is 0 Å². The summed E-state index contributed by atoms with van der Waals surface area (Å²) in [6, 6.07) is 9.14. The van der Waals surface area contributed by atoms with E-state index in [4.69, 9.17) is 9.84 Å². The van der Waals surface area contributed by atoms with Gasteiger partial charge in [0.1, 0.15) is 10.6 Å². The SMILES string of the molecule is O=C(O)c1cc(Oc2nccc3c(Br)cccc23)cs1. The van der Waals surface area contributed by atoms with E-state index in [9.17, 15) is 4.79 Å². The molecule has 2 aromatic heterocycles. The summed E-state index contributed by atoms with van der Waals surface area (Å²) in [4.78, 5) is 15.3. The van der Waals surface area contributed by atoms with Crippen molar-refractivity contribution >= 4 is 44.0 Å². The molecule has 100 valence electrons. The average molecular weight is 350 g/mol. The van der Waals surface area contributed by atoms with Crippen molar-refractivity contribution in [3.8, 4) is 11.6 Å². The van der Waals surface area contributed by atoms with Gasteiger partial charge in [0.15, 0.2) is 0 Å². The predicted octanol–water partition coefficient (Wildman–Crippen LogP) is 4.55. The zero-order valence-corrected chi connectivity index (χ0v) is 12.4. The first-order chi connectivity index (χ1) is 9.65. The highest BCUT2D eigenvalue weighted by Gasteiger charge is 2.11. The first-order valence-corrected chi connectivity index (χ1v) is 7.35. The molecule has 6 heteroatoms. The van der Waals surface area contributed by atoms with Crippen LogP contribution in [0, 0.1) is 0 Å². The number of rotatable bonds is 3. The van der Waals surface area contributed by atoms with Gasteiger partial charge in [-0.1, -0.05) is 22.0 Å². The van der Waals surface area contributed by atoms with E-state index in [-0.39, 0.29) is 4.88 Å². The number of pyridine rings is 1. The monoisotopic (exact) mass is 349 g/mol. The van der Waals surface area contributed by atoms with E-state index in [1.54, 1.807) is 11.6 Å². The van der Waals surface area contributed by atoms with Crippen LogP contribution >= 0.6 is 27.3 Å². The van der Waals surface area contributed by atoms with Gasteiger partial charge in [0.05, 0.1) is 0 Å². The highest BCUT2D eigenvalue weighted by atomic mass is 79.9. The summed E-state index contributed by atoms with van der Waals surface area (Å²) in [5, 5.41) is 12.4. The van der Waals surface area contributed by atoms with E-state index in [0.717, 1.165) is 26.6 Å². The first-order valence-electron chi connectivity index (χ1n) is 5.68. The Hall–Kier alpha value is -1.92. The molecule has 0 saturated carbocycles. The zero-order chi connectivity index (χ0) is 14.1. The maximum Gasteiger partial charge on any atom is 0.346 e. The van der Waals surface area contributed by atoms with Crippen LogP contribution in [0.1, 0.15) is 9.67 Å². The van der Waals surface area contributed by atoms with Gasteiger partial charge in [-0.15, -0.1) is 11.3 Å². The van der Waals surface area contributed by atoms with Crippen molar-refractivity contribution in [1.29, 1.82) is 0 Å². The Kier molecular flexibility index (Phi) is 3.42. The van der Waals surface area contributed by atoms with Crippen LogP contribution in [-0.2, 0) is 0 Å². The molecule has 0 spiro atoms. The number of carboxylic acids is 1. The van der Waals surface area contributed by atoms with Gasteiger partial charge in [-0.25, -0.2) is 9.78 Å². The third-order valence-corrected chi connectivity index (χ3v) is 4.31. The van der Waals surface area contributed by atoms with Gasteiger partial charge in [0.25, 0.3) is 0 Å². The number of ether oxygens (including phenoxy) is 1. The fraction of sp³-hybridized carbons (Fsp3) is 0. The molecular formula is C14H8BrNO3S. The summed E-state index contributed by atoms with van der Waals surface area (Å²) in [5.41, 5.74) is 0. The normalized spacial score (nSPS) is 10.7.